The second kappa shape index (κ2) is 6.87. The van der Waals surface area contributed by atoms with Gasteiger partial charge in [-0.2, -0.15) is 0 Å². The van der Waals surface area contributed by atoms with Gasteiger partial charge in [-0.15, -0.1) is 11.3 Å². The van der Waals surface area contributed by atoms with Crippen molar-refractivity contribution in [3.8, 4) is 0 Å². The molecular formula is C16H16FN3O2S. The summed E-state index contributed by atoms with van der Waals surface area (Å²) in [5.41, 5.74) is 2.19. The van der Waals surface area contributed by atoms with E-state index in [1.165, 1.54) is 12.1 Å². The highest BCUT2D eigenvalue weighted by Gasteiger charge is 2.28. The van der Waals surface area contributed by atoms with E-state index in [9.17, 15) is 9.18 Å². The molecule has 1 amide bonds. The standard InChI is InChI=1S/C16H16FN3O2S/c1-10-19-13(9-23-10)5-6-18-16(21)15-8-14(20-22-15)11-3-2-4-12(17)7-11/h2-4,7,9,15H,5-6,8H2,1H3,(H,18,21)/t15-/m0/s1. The summed E-state index contributed by atoms with van der Waals surface area (Å²) in [5, 5.41) is 9.71. The normalized spacial score (nSPS) is 16.8. The monoisotopic (exact) mass is 333 g/mol. The fourth-order valence-electron chi connectivity index (χ4n) is 2.31. The second-order valence-electron chi connectivity index (χ2n) is 5.25. The molecule has 1 aliphatic rings. The van der Waals surface area contributed by atoms with Crippen LogP contribution in [-0.4, -0.2) is 29.3 Å². The van der Waals surface area contributed by atoms with Crippen LogP contribution in [0.25, 0.3) is 0 Å². The van der Waals surface area contributed by atoms with Crippen LogP contribution in [0, 0.1) is 12.7 Å². The predicted molar refractivity (Wildman–Crippen MR) is 86.0 cm³/mol. The van der Waals surface area contributed by atoms with Gasteiger partial charge >= 0.3 is 0 Å². The molecule has 0 fully saturated rings. The average molecular weight is 333 g/mol. The van der Waals surface area contributed by atoms with E-state index >= 15 is 0 Å². The number of halogens is 1. The lowest BCUT2D eigenvalue weighted by Crippen LogP contribution is -2.36. The van der Waals surface area contributed by atoms with Gasteiger partial charge in [0, 0.05) is 30.3 Å². The number of thiazole rings is 1. The van der Waals surface area contributed by atoms with Gasteiger partial charge in [-0.05, 0) is 19.1 Å². The number of aromatic nitrogens is 1. The number of carbonyl (C=O) groups excluding carboxylic acids is 1. The van der Waals surface area contributed by atoms with Gasteiger partial charge in [0.1, 0.15) is 5.82 Å². The molecule has 1 aliphatic heterocycles. The first-order chi connectivity index (χ1) is 11.1. The molecule has 1 atom stereocenters. The quantitative estimate of drug-likeness (QED) is 0.914. The van der Waals surface area contributed by atoms with E-state index in [1.54, 1.807) is 23.5 Å². The molecule has 0 unspecified atom stereocenters. The SMILES string of the molecule is Cc1nc(CCNC(=O)[C@@H]2CC(c3cccc(F)c3)=NO2)cs1. The molecule has 0 radical (unpaired) electrons. The summed E-state index contributed by atoms with van der Waals surface area (Å²) in [6, 6.07) is 6.10. The number of benzene rings is 1. The van der Waals surface area contributed by atoms with Crippen LogP contribution in [0.2, 0.25) is 0 Å². The molecule has 0 saturated heterocycles. The molecule has 1 N–H and O–H groups in total. The molecule has 23 heavy (non-hydrogen) atoms. The lowest BCUT2D eigenvalue weighted by atomic mass is 10.0. The molecule has 7 heteroatoms. The highest BCUT2D eigenvalue weighted by molar-refractivity contribution is 7.09. The summed E-state index contributed by atoms with van der Waals surface area (Å²) in [5.74, 6) is -0.552. The van der Waals surface area contributed by atoms with Crippen molar-refractivity contribution in [1.29, 1.82) is 0 Å². The fourth-order valence-corrected chi connectivity index (χ4v) is 2.95. The maximum Gasteiger partial charge on any atom is 0.264 e. The Morgan fingerprint density at radius 3 is 3.13 bits per heavy atom. The maximum absolute atomic E-state index is 13.2. The Hall–Kier alpha value is -2.28. The Morgan fingerprint density at radius 2 is 2.39 bits per heavy atom. The van der Waals surface area contributed by atoms with Crippen molar-refractivity contribution in [2.24, 2.45) is 5.16 Å². The Balaban J connectivity index is 1.48. The third-order valence-corrected chi connectivity index (χ3v) is 4.29. The molecule has 2 heterocycles. The van der Waals surface area contributed by atoms with Crippen LogP contribution in [0.15, 0.2) is 34.8 Å². The van der Waals surface area contributed by atoms with Crippen LogP contribution in [0.5, 0.6) is 0 Å². The molecule has 5 nitrogen and oxygen atoms in total. The van der Waals surface area contributed by atoms with Crippen molar-refractivity contribution in [1.82, 2.24) is 10.3 Å². The Morgan fingerprint density at radius 1 is 1.52 bits per heavy atom. The molecule has 3 rings (SSSR count). The molecule has 1 aromatic heterocycles. The number of aryl methyl sites for hydroxylation is 1. The van der Waals surface area contributed by atoms with Gasteiger partial charge in [0.25, 0.3) is 5.91 Å². The summed E-state index contributed by atoms with van der Waals surface area (Å²) in [4.78, 5) is 21.6. The van der Waals surface area contributed by atoms with Gasteiger partial charge < -0.3 is 10.2 Å². The van der Waals surface area contributed by atoms with E-state index in [4.69, 9.17) is 4.84 Å². The number of nitrogens with one attached hydrogen (secondary N) is 1. The van der Waals surface area contributed by atoms with Crippen LogP contribution in [0.3, 0.4) is 0 Å². The van der Waals surface area contributed by atoms with Crippen molar-refractivity contribution in [2.75, 3.05) is 6.54 Å². The molecule has 0 aliphatic carbocycles. The van der Waals surface area contributed by atoms with Gasteiger partial charge in [-0.1, -0.05) is 17.3 Å². The van der Waals surface area contributed by atoms with Gasteiger partial charge in [-0.3, -0.25) is 4.79 Å². The lowest BCUT2D eigenvalue weighted by molar-refractivity contribution is -0.131. The topological polar surface area (TPSA) is 63.6 Å². The molecule has 2 aromatic rings. The van der Waals surface area contributed by atoms with E-state index in [0.717, 1.165) is 10.7 Å². The minimum Gasteiger partial charge on any atom is -0.382 e. The van der Waals surface area contributed by atoms with E-state index in [-0.39, 0.29) is 11.7 Å². The predicted octanol–water partition coefficient (Wildman–Crippen LogP) is 2.44. The van der Waals surface area contributed by atoms with E-state index in [0.29, 0.717) is 30.7 Å². The first kappa shape index (κ1) is 15.6. The minimum atomic E-state index is -0.662. The first-order valence-corrected chi connectivity index (χ1v) is 8.17. The smallest absolute Gasteiger partial charge is 0.264 e. The van der Waals surface area contributed by atoms with Crippen molar-refractivity contribution in [3.63, 3.8) is 0 Å². The third kappa shape index (κ3) is 3.92. The number of amides is 1. The Kier molecular flexibility index (Phi) is 4.66. The summed E-state index contributed by atoms with van der Waals surface area (Å²) in [6.45, 7) is 2.45. The molecule has 0 bridgehead atoms. The molecule has 0 saturated carbocycles. The minimum absolute atomic E-state index is 0.216. The molecule has 0 spiro atoms. The Bertz CT molecular complexity index is 744. The van der Waals surface area contributed by atoms with Crippen LogP contribution in [0.1, 0.15) is 22.7 Å². The second-order valence-corrected chi connectivity index (χ2v) is 6.31. The van der Waals surface area contributed by atoms with Crippen LogP contribution >= 0.6 is 11.3 Å². The summed E-state index contributed by atoms with van der Waals surface area (Å²) < 4.78 is 13.2. The van der Waals surface area contributed by atoms with Crippen LogP contribution < -0.4 is 5.32 Å². The molecular weight excluding hydrogens is 317 g/mol. The van der Waals surface area contributed by atoms with Gasteiger partial charge in [0.15, 0.2) is 0 Å². The number of hydrogen-bond donors (Lipinski definition) is 1. The zero-order chi connectivity index (χ0) is 16.2. The first-order valence-electron chi connectivity index (χ1n) is 7.29. The zero-order valence-electron chi connectivity index (χ0n) is 12.6. The van der Waals surface area contributed by atoms with Crippen molar-refractivity contribution in [3.05, 3.63) is 51.7 Å². The molecule has 120 valence electrons. The van der Waals surface area contributed by atoms with Gasteiger partial charge in [0.2, 0.25) is 6.10 Å². The number of carbonyl (C=O) groups is 1. The number of hydrogen-bond acceptors (Lipinski definition) is 5. The summed E-state index contributed by atoms with van der Waals surface area (Å²) in [7, 11) is 0. The van der Waals surface area contributed by atoms with Crippen LogP contribution in [-0.2, 0) is 16.1 Å². The largest absolute Gasteiger partial charge is 0.382 e. The number of oxime groups is 1. The maximum atomic E-state index is 13.2. The zero-order valence-corrected chi connectivity index (χ0v) is 13.4. The van der Waals surface area contributed by atoms with E-state index in [1.807, 2.05) is 12.3 Å². The van der Waals surface area contributed by atoms with Crippen molar-refractivity contribution >= 4 is 23.0 Å². The van der Waals surface area contributed by atoms with Crippen molar-refractivity contribution < 1.29 is 14.0 Å². The molecule has 1 aromatic carbocycles. The highest BCUT2D eigenvalue weighted by Crippen LogP contribution is 2.17. The number of rotatable bonds is 5. The lowest BCUT2D eigenvalue weighted by Gasteiger charge is -2.08. The third-order valence-electron chi connectivity index (χ3n) is 3.47. The number of nitrogens with zero attached hydrogens (tertiary/aromatic N) is 2. The van der Waals surface area contributed by atoms with Gasteiger partial charge in [0.05, 0.1) is 16.4 Å². The summed E-state index contributed by atoms with van der Waals surface area (Å²) in [6.07, 6.45) is 0.358. The Labute approximate surface area is 137 Å². The van der Waals surface area contributed by atoms with Crippen LogP contribution in [0.4, 0.5) is 4.39 Å². The highest BCUT2D eigenvalue weighted by atomic mass is 32.1. The summed E-state index contributed by atoms with van der Waals surface area (Å²) >= 11 is 1.59. The van der Waals surface area contributed by atoms with E-state index < -0.39 is 6.10 Å². The fraction of sp³-hybridized carbons (Fsp3) is 0.312. The van der Waals surface area contributed by atoms with Crippen molar-refractivity contribution in [2.45, 2.75) is 25.9 Å². The van der Waals surface area contributed by atoms with Gasteiger partial charge in [-0.25, -0.2) is 9.37 Å². The average Bonchev–Trinajstić information content (AvgIpc) is 3.16. The van der Waals surface area contributed by atoms with E-state index in [2.05, 4.69) is 15.5 Å².